The van der Waals surface area contributed by atoms with Gasteiger partial charge in [-0.15, -0.1) is 0 Å². The molecule has 0 saturated heterocycles. The Bertz CT molecular complexity index is 337. The van der Waals surface area contributed by atoms with Crippen molar-refractivity contribution < 1.29 is 27.9 Å². The van der Waals surface area contributed by atoms with Gasteiger partial charge in [-0.1, -0.05) is 20.8 Å². The van der Waals surface area contributed by atoms with Crippen molar-refractivity contribution in [2.75, 3.05) is 0 Å². The number of carbonyl (C=O) groups is 2. The molecule has 2 amide bonds. The predicted molar refractivity (Wildman–Crippen MR) is 62.7 cm³/mol. The molecule has 1 unspecified atom stereocenters. The number of carboxylic acid groups (broad SMARTS) is 1. The fraction of sp³-hybridized carbons (Fsp3) is 0.818. The van der Waals surface area contributed by atoms with Gasteiger partial charge in [-0.3, -0.25) is 0 Å². The lowest BCUT2D eigenvalue weighted by Crippen LogP contribution is -2.53. The number of carboxylic acids is 1. The molecule has 19 heavy (non-hydrogen) atoms. The molecule has 0 bridgehead atoms. The molecule has 0 spiro atoms. The molecule has 2 atom stereocenters. The second-order valence-corrected chi connectivity index (χ2v) is 5.48. The van der Waals surface area contributed by atoms with E-state index >= 15 is 0 Å². The van der Waals surface area contributed by atoms with Gasteiger partial charge in [-0.2, -0.15) is 13.2 Å². The third-order valence-electron chi connectivity index (χ3n) is 2.30. The Balaban J connectivity index is 4.48. The molecular formula is C11H19F3N2O3. The smallest absolute Gasteiger partial charge is 0.391 e. The molecule has 0 aromatic rings. The maximum Gasteiger partial charge on any atom is 0.391 e. The Morgan fingerprint density at radius 2 is 1.63 bits per heavy atom. The first-order valence-electron chi connectivity index (χ1n) is 5.69. The van der Waals surface area contributed by atoms with Gasteiger partial charge in [0.2, 0.25) is 0 Å². The molecule has 0 radical (unpaired) electrons. The van der Waals surface area contributed by atoms with Crippen LogP contribution >= 0.6 is 0 Å². The first-order chi connectivity index (χ1) is 8.33. The number of amides is 2. The number of aliphatic carboxylic acids is 1. The third kappa shape index (κ3) is 7.53. The minimum absolute atomic E-state index is 0.754. The maximum absolute atomic E-state index is 12.1. The molecule has 0 saturated carbocycles. The summed E-state index contributed by atoms with van der Waals surface area (Å²) in [5, 5.41) is 13.2. The molecule has 0 heterocycles. The van der Waals surface area contributed by atoms with Crippen molar-refractivity contribution in [1.29, 1.82) is 0 Å². The van der Waals surface area contributed by atoms with E-state index in [-0.39, 0.29) is 0 Å². The zero-order valence-electron chi connectivity index (χ0n) is 11.3. The predicted octanol–water partition coefficient (Wildman–Crippen LogP) is 2.13. The van der Waals surface area contributed by atoms with E-state index in [1.807, 2.05) is 0 Å². The second kappa shape index (κ2) is 6.12. The van der Waals surface area contributed by atoms with Crippen molar-refractivity contribution in [3.63, 3.8) is 0 Å². The van der Waals surface area contributed by atoms with Crippen LogP contribution in [0.15, 0.2) is 0 Å². The van der Waals surface area contributed by atoms with Crippen LogP contribution in [0.3, 0.4) is 0 Å². The number of nitrogens with one attached hydrogen (secondary N) is 2. The molecule has 0 rings (SSSR count). The van der Waals surface area contributed by atoms with E-state index in [1.165, 1.54) is 6.92 Å². The normalized spacial score (nSPS) is 15.5. The van der Waals surface area contributed by atoms with Gasteiger partial charge in [0.1, 0.15) is 6.04 Å². The molecule has 0 aromatic carbocycles. The van der Waals surface area contributed by atoms with E-state index in [1.54, 1.807) is 20.8 Å². The van der Waals surface area contributed by atoms with Crippen LogP contribution in [-0.4, -0.2) is 35.4 Å². The molecule has 0 aliphatic heterocycles. The van der Waals surface area contributed by atoms with Crippen LogP contribution in [0.1, 0.15) is 34.1 Å². The molecule has 0 fully saturated rings. The summed E-state index contributed by atoms with van der Waals surface area (Å²) in [6.07, 6.45) is -5.56. The molecule has 0 aromatic heterocycles. The molecule has 3 N–H and O–H groups in total. The van der Waals surface area contributed by atoms with Gasteiger partial charge >= 0.3 is 18.2 Å². The highest BCUT2D eigenvalue weighted by molar-refractivity contribution is 5.83. The minimum atomic E-state index is -4.39. The quantitative estimate of drug-likeness (QED) is 0.740. The number of halogens is 3. The number of carbonyl (C=O) groups excluding carboxylic acids is 1. The van der Waals surface area contributed by atoms with Crippen LogP contribution in [0.4, 0.5) is 18.0 Å². The number of rotatable bonds is 4. The van der Waals surface area contributed by atoms with Crippen molar-refractivity contribution in [3.8, 4) is 0 Å². The summed E-state index contributed by atoms with van der Waals surface area (Å²) in [6.45, 7) is 6.00. The number of hydrogen-bond donors (Lipinski definition) is 3. The van der Waals surface area contributed by atoms with Crippen LogP contribution in [0.2, 0.25) is 0 Å². The molecule has 0 aliphatic rings. The van der Waals surface area contributed by atoms with Crippen LogP contribution in [-0.2, 0) is 4.79 Å². The topological polar surface area (TPSA) is 78.4 Å². The van der Waals surface area contributed by atoms with E-state index in [4.69, 9.17) is 5.11 Å². The first-order valence-corrected chi connectivity index (χ1v) is 5.69. The zero-order chi connectivity index (χ0) is 15.4. The van der Waals surface area contributed by atoms with Crippen molar-refractivity contribution >= 4 is 12.0 Å². The highest BCUT2D eigenvalue weighted by Crippen LogP contribution is 2.22. The lowest BCUT2D eigenvalue weighted by atomic mass is 9.87. The Kier molecular flexibility index (Phi) is 5.64. The van der Waals surface area contributed by atoms with E-state index in [2.05, 4.69) is 10.6 Å². The fourth-order valence-electron chi connectivity index (χ4n) is 1.44. The van der Waals surface area contributed by atoms with Crippen LogP contribution in [0.25, 0.3) is 0 Å². The Hall–Kier alpha value is -1.47. The van der Waals surface area contributed by atoms with Crippen molar-refractivity contribution in [2.45, 2.75) is 52.4 Å². The van der Waals surface area contributed by atoms with Gasteiger partial charge in [-0.25, -0.2) is 9.59 Å². The summed E-state index contributed by atoms with van der Waals surface area (Å²) in [5.74, 6) is -1.24. The summed E-state index contributed by atoms with van der Waals surface area (Å²) in [7, 11) is 0. The Labute approximate surface area is 109 Å². The van der Waals surface area contributed by atoms with Gasteiger partial charge in [0.05, 0.1) is 6.42 Å². The summed E-state index contributed by atoms with van der Waals surface area (Å²) in [4.78, 5) is 22.4. The lowest BCUT2D eigenvalue weighted by Gasteiger charge is -2.28. The van der Waals surface area contributed by atoms with Crippen molar-refractivity contribution in [1.82, 2.24) is 10.6 Å². The monoisotopic (exact) mass is 284 g/mol. The maximum atomic E-state index is 12.1. The van der Waals surface area contributed by atoms with Gasteiger partial charge in [0.15, 0.2) is 0 Å². The summed E-state index contributed by atoms with van der Waals surface area (Å²) in [6, 6.07) is -3.25. The molecule has 112 valence electrons. The van der Waals surface area contributed by atoms with Gasteiger partial charge in [0.25, 0.3) is 0 Å². The van der Waals surface area contributed by atoms with Crippen LogP contribution in [0, 0.1) is 5.41 Å². The standard InChI is InChI=1S/C11H19F3N2O3/c1-6(5-11(12,13)14)15-9(19)16-7(8(17)18)10(2,3)4/h6-7H,5H2,1-4H3,(H,17,18)(H2,15,16,19)/t6?,7-/m1/s1. The number of alkyl halides is 3. The zero-order valence-corrected chi connectivity index (χ0v) is 11.3. The van der Waals surface area contributed by atoms with Crippen LogP contribution < -0.4 is 10.6 Å². The third-order valence-corrected chi connectivity index (χ3v) is 2.30. The minimum Gasteiger partial charge on any atom is -0.480 e. The fourth-order valence-corrected chi connectivity index (χ4v) is 1.44. The lowest BCUT2D eigenvalue weighted by molar-refractivity contribution is -0.142. The number of urea groups is 1. The largest absolute Gasteiger partial charge is 0.480 e. The average molecular weight is 284 g/mol. The first kappa shape index (κ1) is 17.5. The SMILES string of the molecule is CC(CC(F)(F)F)NC(=O)N[C@H](C(=O)O)C(C)(C)C. The molecule has 0 aliphatic carbocycles. The Morgan fingerprint density at radius 1 is 1.16 bits per heavy atom. The number of hydrogen-bond acceptors (Lipinski definition) is 2. The summed E-state index contributed by atoms with van der Waals surface area (Å²) in [5.41, 5.74) is -0.754. The summed E-state index contributed by atoms with van der Waals surface area (Å²) < 4.78 is 36.2. The van der Waals surface area contributed by atoms with E-state index in [0.717, 1.165) is 0 Å². The van der Waals surface area contributed by atoms with Gasteiger partial charge < -0.3 is 15.7 Å². The molecule has 8 heteroatoms. The highest BCUT2D eigenvalue weighted by atomic mass is 19.4. The molecule has 5 nitrogen and oxygen atoms in total. The van der Waals surface area contributed by atoms with Crippen LogP contribution in [0.5, 0.6) is 0 Å². The highest BCUT2D eigenvalue weighted by Gasteiger charge is 2.34. The van der Waals surface area contributed by atoms with E-state index < -0.39 is 42.1 Å². The Morgan fingerprint density at radius 3 is 1.95 bits per heavy atom. The van der Waals surface area contributed by atoms with Gasteiger partial charge in [-0.05, 0) is 12.3 Å². The average Bonchev–Trinajstić information content (AvgIpc) is 2.07. The summed E-state index contributed by atoms with van der Waals surface area (Å²) >= 11 is 0. The van der Waals surface area contributed by atoms with Crippen molar-refractivity contribution in [3.05, 3.63) is 0 Å². The second-order valence-electron chi connectivity index (χ2n) is 5.48. The van der Waals surface area contributed by atoms with E-state index in [0.29, 0.717) is 0 Å². The van der Waals surface area contributed by atoms with Crippen molar-refractivity contribution in [2.24, 2.45) is 5.41 Å². The molecular weight excluding hydrogens is 265 g/mol. The van der Waals surface area contributed by atoms with Gasteiger partial charge in [0, 0.05) is 6.04 Å². The van der Waals surface area contributed by atoms with E-state index in [9.17, 15) is 22.8 Å².